The Morgan fingerprint density at radius 2 is 2.14 bits per heavy atom. The molecule has 2 heterocycles. The largest absolute Gasteiger partial charge is 0.450 e. The fourth-order valence-electron chi connectivity index (χ4n) is 2.38. The molecule has 1 N–H and O–H groups in total. The Balaban J connectivity index is 1.83. The number of hydrogen-bond acceptors (Lipinski definition) is 4. The number of carbonyl (C=O) groups excluding carboxylic acids is 2. The molecule has 0 unspecified atom stereocenters. The maximum atomic E-state index is 12.1. The van der Waals surface area contributed by atoms with Crippen LogP contribution in [0.3, 0.4) is 0 Å². The lowest BCUT2D eigenvalue weighted by Gasteiger charge is -2.31. The molecule has 2 amide bonds. The number of piperidine rings is 1. The van der Waals surface area contributed by atoms with E-state index in [1.165, 1.54) is 0 Å². The smallest absolute Gasteiger partial charge is 0.409 e. The summed E-state index contributed by atoms with van der Waals surface area (Å²) in [5.41, 5.74) is 1.44. The van der Waals surface area contributed by atoms with Crippen molar-refractivity contribution in [3.8, 4) is 0 Å². The van der Waals surface area contributed by atoms with E-state index in [0.717, 1.165) is 18.5 Å². The first-order valence-corrected chi connectivity index (χ1v) is 7.25. The molecule has 6 heteroatoms. The number of rotatable bonds is 3. The van der Waals surface area contributed by atoms with Gasteiger partial charge in [0.05, 0.1) is 6.61 Å². The van der Waals surface area contributed by atoms with E-state index < -0.39 is 0 Å². The van der Waals surface area contributed by atoms with Crippen molar-refractivity contribution in [3.63, 3.8) is 0 Å². The van der Waals surface area contributed by atoms with Crippen molar-refractivity contribution in [2.24, 2.45) is 0 Å². The molecule has 1 saturated heterocycles. The second-order valence-electron chi connectivity index (χ2n) is 5.12. The minimum Gasteiger partial charge on any atom is -0.450 e. The zero-order valence-corrected chi connectivity index (χ0v) is 12.5. The zero-order valence-electron chi connectivity index (χ0n) is 12.5. The summed E-state index contributed by atoms with van der Waals surface area (Å²) in [7, 11) is 0. The van der Waals surface area contributed by atoms with Gasteiger partial charge < -0.3 is 15.0 Å². The lowest BCUT2D eigenvalue weighted by Crippen LogP contribution is -2.46. The van der Waals surface area contributed by atoms with Crippen molar-refractivity contribution in [2.45, 2.75) is 32.7 Å². The summed E-state index contributed by atoms with van der Waals surface area (Å²) >= 11 is 0. The van der Waals surface area contributed by atoms with Crippen LogP contribution in [0.5, 0.6) is 0 Å². The molecule has 0 spiro atoms. The standard InChI is InChI=1S/C15H21N3O3/c1-3-21-15(20)18-8-5-13(6-9-18)17-14(19)12-4-7-16-11(2)10-12/h4,7,10,13H,3,5-6,8-9H2,1-2H3,(H,17,19). The Hall–Kier alpha value is -2.11. The number of aryl methyl sites for hydroxylation is 1. The molecule has 1 aromatic rings. The average Bonchev–Trinajstić information content (AvgIpc) is 2.48. The highest BCUT2D eigenvalue weighted by atomic mass is 16.6. The van der Waals surface area contributed by atoms with Gasteiger partial charge in [-0.05, 0) is 38.8 Å². The van der Waals surface area contributed by atoms with Gasteiger partial charge in [0.1, 0.15) is 0 Å². The highest BCUT2D eigenvalue weighted by molar-refractivity contribution is 5.94. The molecule has 0 bridgehead atoms. The average molecular weight is 291 g/mol. The predicted molar refractivity (Wildman–Crippen MR) is 78.1 cm³/mol. The van der Waals surface area contributed by atoms with Crippen molar-refractivity contribution in [3.05, 3.63) is 29.6 Å². The zero-order chi connectivity index (χ0) is 15.2. The normalized spacial score (nSPS) is 15.6. The maximum absolute atomic E-state index is 12.1. The summed E-state index contributed by atoms with van der Waals surface area (Å²) in [6, 6.07) is 3.57. The summed E-state index contributed by atoms with van der Waals surface area (Å²) in [4.78, 5) is 29.5. The number of nitrogens with one attached hydrogen (secondary N) is 1. The number of nitrogens with zero attached hydrogens (tertiary/aromatic N) is 2. The molecule has 114 valence electrons. The summed E-state index contributed by atoms with van der Waals surface area (Å²) in [6.45, 7) is 5.26. The predicted octanol–water partition coefficient (Wildman–Crippen LogP) is 1.74. The Bertz CT molecular complexity index is 511. The molecular formula is C15H21N3O3. The summed E-state index contributed by atoms with van der Waals surface area (Å²) < 4.78 is 4.97. The van der Waals surface area contributed by atoms with Gasteiger partial charge in [0.15, 0.2) is 0 Å². The van der Waals surface area contributed by atoms with Crippen molar-refractivity contribution in [1.82, 2.24) is 15.2 Å². The maximum Gasteiger partial charge on any atom is 0.409 e. The van der Waals surface area contributed by atoms with Gasteiger partial charge in [-0.1, -0.05) is 0 Å². The third-order valence-electron chi connectivity index (χ3n) is 3.52. The van der Waals surface area contributed by atoms with Crippen LogP contribution in [0.2, 0.25) is 0 Å². The molecule has 2 rings (SSSR count). The molecule has 0 aromatic carbocycles. The Morgan fingerprint density at radius 1 is 1.43 bits per heavy atom. The van der Waals surface area contributed by atoms with Crippen LogP contribution < -0.4 is 5.32 Å². The van der Waals surface area contributed by atoms with Gasteiger partial charge in [-0.3, -0.25) is 9.78 Å². The van der Waals surface area contributed by atoms with Gasteiger partial charge in [-0.15, -0.1) is 0 Å². The summed E-state index contributed by atoms with van der Waals surface area (Å²) in [6.07, 6.45) is 2.85. The Labute approximate surface area is 124 Å². The minimum atomic E-state index is -0.271. The minimum absolute atomic E-state index is 0.0879. The van der Waals surface area contributed by atoms with Crippen molar-refractivity contribution >= 4 is 12.0 Å². The first-order chi connectivity index (χ1) is 10.1. The first kappa shape index (κ1) is 15.3. The fourth-order valence-corrected chi connectivity index (χ4v) is 2.38. The van der Waals surface area contributed by atoms with Crippen LogP contribution >= 0.6 is 0 Å². The van der Waals surface area contributed by atoms with E-state index in [4.69, 9.17) is 4.74 Å². The topological polar surface area (TPSA) is 71.5 Å². The van der Waals surface area contributed by atoms with Crippen LogP contribution in [0.1, 0.15) is 35.8 Å². The molecule has 6 nitrogen and oxygen atoms in total. The van der Waals surface area contributed by atoms with E-state index in [1.54, 1.807) is 30.2 Å². The molecule has 1 aliphatic rings. The molecule has 21 heavy (non-hydrogen) atoms. The van der Waals surface area contributed by atoms with E-state index in [2.05, 4.69) is 10.3 Å². The number of likely N-dealkylation sites (tertiary alicyclic amines) is 1. The van der Waals surface area contributed by atoms with E-state index in [0.29, 0.717) is 25.3 Å². The number of ether oxygens (including phenoxy) is 1. The fraction of sp³-hybridized carbons (Fsp3) is 0.533. The summed E-state index contributed by atoms with van der Waals surface area (Å²) in [5.74, 6) is -0.0879. The molecule has 0 radical (unpaired) electrons. The Morgan fingerprint density at radius 3 is 2.76 bits per heavy atom. The van der Waals surface area contributed by atoms with Crippen molar-refractivity contribution in [1.29, 1.82) is 0 Å². The van der Waals surface area contributed by atoms with Crippen LogP contribution in [-0.4, -0.2) is 47.6 Å². The number of aromatic nitrogens is 1. The first-order valence-electron chi connectivity index (χ1n) is 7.25. The van der Waals surface area contributed by atoms with Crippen LogP contribution in [0, 0.1) is 6.92 Å². The molecule has 1 aliphatic heterocycles. The van der Waals surface area contributed by atoms with E-state index in [1.807, 2.05) is 6.92 Å². The molecule has 0 aliphatic carbocycles. The molecular weight excluding hydrogens is 270 g/mol. The van der Waals surface area contributed by atoms with Crippen LogP contribution in [0.4, 0.5) is 4.79 Å². The van der Waals surface area contributed by atoms with Crippen molar-refractivity contribution in [2.75, 3.05) is 19.7 Å². The monoisotopic (exact) mass is 291 g/mol. The Kier molecular flexibility index (Phi) is 5.14. The van der Waals surface area contributed by atoms with Gasteiger partial charge in [0.2, 0.25) is 0 Å². The van der Waals surface area contributed by atoms with Gasteiger partial charge in [0, 0.05) is 36.6 Å². The van der Waals surface area contributed by atoms with E-state index in [-0.39, 0.29) is 18.0 Å². The number of hydrogen-bond donors (Lipinski definition) is 1. The second kappa shape index (κ2) is 7.06. The third kappa shape index (κ3) is 4.18. The number of carbonyl (C=O) groups is 2. The van der Waals surface area contributed by atoms with Gasteiger partial charge >= 0.3 is 6.09 Å². The highest BCUT2D eigenvalue weighted by Crippen LogP contribution is 2.12. The van der Waals surface area contributed by atoms with E-state index in [9.17, 15) is 9.59 Å². The number of pyridine rings is 1. The van der Waals surface area contributed by atoms with Crippen LogP contribution in [0.25, 0.3) is 0 Å². The molecule has 0 atom stereocenters. The van der Waals surface area contributed by atoms with Gasteiger partial charge in [-0.25, -0.2) is 4.79 Å². The molecule has 0 saturated carbocycles. The van der Waals surface area contributed by atoms with Crippen LogP contribution in [-0.2, 0) is 4.74 Å². The highest BCUT2D eigenvalue weighted by Gasteiger charge is 2.24. The lowest BCUT2D eigenvalue weighted by atomic mass is 10.0. The van der Waals surface area contributed by atoms with Crippen LogP contribution in [0.15, 0.2) is 18.3 Å². The SMILES string of the molecule is CCOC(=O)N1CCC(NC(=O)c2ccnc(C)c2)CC1. The lowest BCUT2D eigenvalue weighted by molar-refractivity contribution is 0.0860. The molecule has 1 fully saturated rings. The summed E-state index contributed by atoms with van der Waals surface area (Å²) in [5, 5.41) is 3.01. The quantitative estimate of drug-likeness (QED) is 0.920. The van der Waals surface area contributed by atoms with Gasteiger partial charge in [0.25, 0.3) is 5.91 Å². The van der Waals surface area contributed by atoms with E-state index >= 15 is 0 Å². The third-order valence-corrected chi connectivity index (χ3v) is 3.52. The van der Waals surface area contributed by atoms with Crippen molar-refractivity contribution < 1.29 is 14.3 Å². The number of amides is 2. The second-order valence-corrected chi connectivity index (χ2v) is 5.12. The molecule has 1 aromatic heterocycles. The van der Waals surface area contributed by atoms with Gasteiger partial charge in [-0.2, -0.15) is 0 Å².